The van der Waals surface area contributed by atoms with E-state index in [0.717, 1.165) is 10.7 Å². The van der Waals surface area contributed by atoms with Gasteiger partial charge in [0.15, 0.2) is 0 Å². The van der Waals surface area contributed by atoms with E-state index in [9.17, 15) is 0 Å². The molecule has 108 valence electrons. The second-order valence-corrected chi connectivity index (χ2v) is 5.60. The SMILES string of the molecule is COC(C)c1nc(CN(C)c2cc(Cl)nc(N)n2)cs1. The van der Waals surface area contributed by atoms with Gasteiger partial charge in [-0.3, -0.25) is 0 Å². The fourth-order valence-corrected chi connectivity index (χ4v) is 2.65. The van der Waals surface area contributed by atoms with Crippen molar-refractivity contribution < 1.29 is 4.74 Å². The Morgan fingerprint density at radius 2 is 2.20 bits per heavy atom. The average Bonchev–Trinajstić information content (AvgIpc) is 2.85. The van der Waals surface area contributed by atoms with E-state index in [4.69, 9.17) is 22.1 Å². The molecule has 0 aliphatic heterocycles. The first kappa shape index (κ1) is 15.0. The molecule has 0 bridgehead atoms. The lowest BCUT2D eigenvalue weighted by molar-refractivity contribution is 0.119. The van der Waals surface area contributed by atoms with Gasteiger partial charge in [0.1, 0.15) is 22.1 Å². The van der Waals surface area contributed by atoms with Crippen molar-refractivity contribution in [3.63, 3.8) is 0 Å². The number of aromatic nitrogens is 3. The largest absolute Gasteiger partial charge is 0.375 e. The van der Waals surface area contributed by atoms with Gasteiger partial charge in [-0.05, 0) is 6.92 Å². The molecule has 0 aliphatic carbocycles. The summed E-state index contributed by atoms with van der Waals surface area (Å²) >= 11 is 7.45. The summed E-state index contributed by atoms with van der Waals surface area (Å²) in [6, 6.07) is 1.67. The summed E-state index contributed by atoms with van der Waals surface area (Å²) < 4.78 is 5.25. The molecule has 2 rings (SSSR count). The topological polar surface area (TPSA) is 77.2 Å². The van der Waals surface area contributed by atoms with Crippen LogP contribution >= 0.6 is 22.9 Å². The molecule has 2 aromatic rings. The van der Waals surface area contributed by atoms with Crippen LogP contribution in [0.1, 0.15) is 23.7 Å². The smallest absolute Gasteiger partial charge is 0.223 e. The van der Waals surface area contributed by atoms with Crippen LogP contribution in [-0.4, -0.2) is 29.1 Å². The number of methoxy groups -OCH3 is 1. The predicted octanol–water partition coefficient (Wildman–Crippen LogP) is 2.51. The highest BCUT2D eigenvalue weighted by Gasteiger charge is 2.12. The number of nitrogens with two attached hydrogens (primary N) is 1. The molecule has 0 amide bonds. The van der Waals surface area contributed by atoms with Crippen molar-refractivity contribution in [1.82, 2.24) is 15.0 Å². The normalized spacial score (nSPS) is 12.4. The van der Waals surface area contributed by atoms with Crippen LogP contribution < -0.4 is 10.6 Å². The van der Waals surface area contributed by atoms with Gasteiger partial charge in [-0.15, -0.1) is 11.3 Å². The first-order valence-corrected chi connectivity index (χ1v) is 7.23. The van der Waals surface area contributed by atoms with E-state index >= 15 is 0 Å². The summed E-state index contributed by atoms with van der Waals surface area (Å²) in [4.78, 5) is 14.4. The molecule has 20 heavy (non-hydrogen) atoms. The zero-order chi connectivity index (χ0) is 14.7. The number of thiazole rings is 1. The number of ether oxygens (including phenoxy) is 1. The maximum atomic E-state index is 5.87. The number of hydrogen-bond acceptors (Lipinski definition) is 7. The molecule has 0 radical (unpaired) electrons. The van der Waals surface area contributed by atoms with Crippen molar-refractivity contribution in [3.05, 3.63) is 27.3 Å². The van der Waals surface area contributed by atoms with E-state index in [1.807, 2.05) is 24.3 Å². The highest BCUT2D eigenvalue weighted by atomic mass is 35.5. The summed E-state index contributed by atoms with van der Waals surface area (Å²) in [6.45, 7) is 2.58. The Balaban J connectivity index is 2.11. The van der Waals surface area contributed by atoms with E-state index in [-0.39, 0.29) is 12.1 Å². The van der Waals surface area contributed by atoms with Gasteiger partial charge in [0, 0.05) is 25.6 Å². The molecule has 0 aromatic carbocycles. The third-order valence-corrected chi connectivity index (χ3v) is 4.01. The molecule has 0 saturated heterocycles. The van der Waals surface area contributed by atoms with Crippen LogP contribution in [-0.2, 0) is 11.3 Å². The third kappa shape index (κ3) is 3.56. The highest BCUT2D eigenvalue weighted by molar-refractivity contribution is 7.09. The van der Waals surface area contributed by atoms with Gasteiger partial charge >= 0.3 is 0 Å². The van der Waals surface area contributed by atoms with Crippen molar-refractivity contribution in [1.29, 1.82) is 0 Å². The number of anilines is 2. The van der Waals surface area contributed by atoms with Crippen molar-refractivity contribution in [2.75, 3.05) is 24.8 Å². The van der Waals surface area contributed by atoms with Crippen molar-refractivity contribution in [2.24, 2.45) is 0 Å². The highest BCUT2D eigenvalue weighted by Crippen LogP contribution is 2.22. The standard InChI is InChI=1S/C12H16ClN5OS/c1-7(19-3)11-15-8(6-20-11)5-18(2)10-4-9(13)16-12(14)17-10/h4,6-7H,5H2,1-3H3,(H2,14,16,17). The molecule has 1 atom stereocenters. The number of halogens is 1. The van der Waals surface area contributed by atoms with Gasteiger partial charge in [-0.1, -0.05) is 11.6 Å². The van der Waals surface area contributed by atoms with E-state index in [2.05, 4.69) is 15.0 Å². The minimum Gasteiger partial charge on any atom is -0.375 e. The maximum absolute atomic E-state index is 5.87. The van der Waals surface area contributed by atoms with Gasteiger partial charge in [0.25, 0.3) is 0 Å². The van der Waals surface area contributed by atoms with Gasteiger partial charge in [-0.2, -0.15) is 4.98 Å². The lowest BCUT2D eigenvalue weighted by Crippen LogP contribution is -2.18. The molecule has 0 spiro atoms. The van der Waals surface area contributed by atoms with Gasteiger partial charge in [0.05, 0.1) is 12.2 Å². The summed E-state index contributed by atoms with van der Waals surface area (Å²) in [5.74, 6) is 0.822. The van der Waals surface area contributed by atoms with Crippen LogP contribution in [0.25, 0.3) is 0 Å². The molecular weight excluding hydrogens is 298 g/mol. The lowest BCUT2D eigenvalue weighted by Gasteiger charge is -2.17. The molecular formula is C12H16ClN5OS. The van der Waals surface area contributed by atoms with Crippen molar-refractivity contribution in [3.8, 4) is 0 Å². The van der Waals surface area contributed by atoms with Gasteiger partial charge in [0.2, 0.25) is 5.95 Å². The average molecular weight is 314 g/mol. The second kappa shape index (κ2) is 6.34. The molecule has 8 heteroatoms. The molecule has 0 fully saturated rings. The fraction of sp³-hybridized carbons (Fsp3) is 0.417. The van der Waals surface area contributed by atoms with Gasteiger partial charge < -0.3 is 15.4 Å². The van der Waals surface area contributed by atoms with E-state index < -0.39 is 0 Å². The Kier molecular flexibility index (Phi) is 4.74. The third-order valence-electron chi connectivity index (χ3n) is 2.76. The molecule has 0 aliphatic rings. The first-order chi connectivity index (χ1) is 9.49. The molecule has 2 N–H and O–H groups in total. The number of hydrogen-bond donors (Lipinski definition) is 1. The van der Waals surface area contributed by atoms with Crippen LogP contribution in [0.3, 0.4) is 0 Å². The first-order valence-electron chi connectivity index (χ1n) is 5.98. The molecule has 1 unspecified atom stereocenters. The van der Waals surface area contributed by atoms with Gasteiger partial charge in [-0.25, -0.2) is 9.97 Å². The van der Waals surface area contributed by atoms with Crippen LogP contribution in [0.2, 0.25) is 5.15 Å². The van der Waals surface area contributed by atoms with Crippen molar-refractivity contribution >= 4 is 34.7 Å². The lowest BCUT2D eigenvalue weighted by atomic mass is 10.4. The monoisotopic (exact) mass is 313 g/mol. The summed E-state index contributed by atoms with van der Waals surface area (Å²) in [6.07, 6.45) is 0.00296. The molecule has 2 heterocycles. The second-order valence-electron chi connectivity index (χ2n) is 4.32. The molecule has 6 nitrogen and oxygen atoms in total. The van der Waals surface area contributed by atoms with E-state index in [1.54, 1.807) is 24.5 Å². The van der Waals surface area contributed by atoms with E-state index in [1.165, 1.54) is 0 Å². The Morgan fingerprint density at radius 3 is 2.85 bits per heavy atom. The quantitative estimate of drug-likeness (QED) is 0.855. The number of rotatable bonds is 5. The predicted molar refractivity (Wildman–Crippen MR) is 81.1 cm³/mol. The zero-order valence-corrected chi connectivity index (χ0v) is 13.1. The van der Waals surface area contributed by atoms with E-state index in [0.29, 0.717) is 17.5 Å². The maximum Gasteiger partial charge on any atom is 0.223 e. The Labute approximate surface area is 126 Å². The molecule has 0 saturated carbocycles. The Hall–Kier alpha value is -1.44. The fourth-order valence-electron chi connectivity index (χ4n) is 1.63. The summed E-state index contributed by atoms with van der Waals surface area (Å²) in [5, 5.41) is 3.29. The minimum absolute atomic E-state index is 0.00296. The summed E-state index contributed by atoms with van der Waals surface area (Å²) in [7, 11) is 3.57. The Bertz CT molecular complexity index is 571. The van der Waals surface area contributed by atoms with Crippen LogP contribution in [0.15, 0.2) is 11.4 Å². The Morgan fingerprint density at radius 1 is 1.45 bits per heavy atom. The summed E-state index contributed by atoms with van der Waals surface area (Å²) in [5.41, 5.74) is 6.54. The van der Waals surface area contributed by atoms with Crippen LogP contribution in [0.5, 0.6) is 0 Å². The van der Waals surface area contributed by atoms with Crippen molar-refractivity contribution in [2.45, 2.75) is 19.6 Å². The van der Waals surface area contributed by atoms with Crippen LogP contribution in [0.4, 0.5) is 11.8 Å². The zero-order valence-electron chi connectivity index (χ0n) is 11.5. The minimum atomic E-state index is 0.00296. The number of nitrogens with zero attached hydrogens (tertiary/aromatic N) is 4. The number of nitrogen functional groups attached to an aromatic ring is 1. The van der Waals surface area contributed by atoms with Crippen LogP contribution in [0, 0.1) is 0 Å². The molecule has 2 aromatic heterocycles.